The average molecular weight is 225 g/mol. The zero-order valence-electron chi connectivity index (χ0n) is 9.96. The van der Waals surface area contributed by atoms with Crippen molar-refractivity contribution >= 4 is 11.6 Å². The van der Waals surface area contributed by atoms with Crippen LogP contribution in [0.5, 0.6) is 0 Å². The van der Waals surface area contributed by atoms with Gasteiger partial charge in [-0.2, -0.15) is 0 Å². The van der Waals surface area contributed by atoms with E-state index in [0.29, 0.717) is 5.92 Å². The Kier molecular flexibility index (Phi) is 5.17. The van der Waals surface area contributed by atoms with Crippen LogP contribution in [0.15, 0.2) is 24.3 Å². The lowest BCUT2D eigenvalue weighted by Gasteiger charge is -2.17. The fourth-order valence-corrected chi connectivity index (χ4v) is 2.21. The molecule has 0 fully saturated rings. The average Bonchev–Trinajstić information content (AvgIpc) is 2.18. The lowest BCUT2D eigenvalue weighted by atomic mass is 9.96. The molecule has 0 nitrogen and oxygen atoms in total. The van der Waals surface area contributed by atoms with Crippen LogP contribution in [0.3, 0.4) is 0 Å². The summed E-state index contributed by atoms with van der Waals surface area (Å²) in [5.41, 5.74) is 2.68. The maximum atomic E-state index is 6.40. The molecule has 0 radical (unpaired) electrons. The Morgan fingerprint density at radius 3 is 2.67 bits per heavy atom. The summed E-state index contributed by atoms with van der Waals surface area (Å²) in [6, 6.07) is 8.63. The third-order valence-corrected chi connectivity index (χ3v) is 3.46. The molecule has 1 heteroatoms. The lowest BCUT2D eigenvalue weighted by Crippen LogP contribution is -2.14. The number of hydrogen-bond donors (Lipinski definition) is 0. The van der Waals surface area contributed by atoms with Crippen LogP contribution in [0.4, 0.5) is 0 Å². The van der Waals surface area contributed by atoms with Gasteiger partial charge in [-0.15, -0.1) is 11.6 Å². The van der Waals surface area contributed by atoms with E-state index in [-0.39, 0.29) is 5.38 Å². The summed E-state index contributed by atoms with van der Waals surface area (Å²) >= 11 is 6.40. The van der Waals surface area contributed by atoms with Crippen molar-refractivity contribution in [1.29, 1.82) is 0 Å². The fraction of sp³-hybridized carbons (Fsp3) is 0.571. The van der Waals surface area contributed by atoms with E-state index in [1.807, 2.05) is 0 Å². The number of rotatable bonds is 5. The molecule has 0 saturated heterocycles. The van der Waals surface area contributed by atoms with E-state index in [2.05, 4.69) is 45.0 Å². The number of halogens is 1. The van der Waals surface area contributed by atoms with Crippen molar-refractivity contribution in [3.8, 4) is 0 Å². The molecule has 0 aliphatic carbocycles. The molecule has 1 aromatic carbocycles. The second-order valence-corrected chi connectivity index (χ2v) is 5.04. The van der Waals surface area contributed by atoms with Crippen molar-refractivity contribution < 1.29 is 0 Å². The monoisotopic (exact) mass is 224 g/mol. The molecule has 0 aliphatic heterocycles. The van der Waals surface area contributed by atoms with Crippen LogP contribution >= 0.6 is 11.6 Å². The summed E-state index contributed by atoms with van der Waals surface area (Å²) < 4.78 is 0. The molecule has 0 saturated carbocycles. The highest BCUT2D eigenvalue weighted by molar-refractivity contribution is 6.20. The van der Waals surface area contributed by atoms with Crippen LogP contribution in [0.1, 0.15) is 37.8 Å². The first-order valence-corrected chi connectivity index (χ1v) is 6.26. The van der Waals surface area contributed by atoms with E-state index >= 15 is 0 Å². The van der Waals surface area contributed by atoms with Gasteiger partial charge in [-0.3, -0.25) is 0 Å². The molecule has 1 rings (SSSR count). The highest BCUT2D eigenvalue weighted by atomic mass is 35.5. The minimum Gasteiger partial charge on any atom is -0.122 e. The molecule has 15 heavy (non-hydrogen) atoms. The maximum absolute atomic E-state index is 6.40. The molecule has 84 valence electrons. The van der Waals surface area contributed by atoms with Gasteiger partial charge in [-0.05, 0) is 31.2 Å². The molecular formula is C14H21Cl. The number of alkyl halides is 1. The second kappa shape index (κ2) is 6.17. The molecule has 1 aromatic rings. The SMILES string of the molecule is CCCC(C)C(Cl)Cc1cccc(C)c1. The third-order valence-electron chi connectivity index (χ3n) is 2.87. The first-order chi connectivity index (χ1) is 7.13. The number of hydrogen-bond acceptors (Lipinski definition) is 0. The van der Waals surface area contributed by atoms with Crippen molar-refractivity contribution in [3.63, 3.8) is 0 Å². The van der Waals surface area contributed by atoms with Gasteiger partial charge < -0.3 is 0 Å². The first kappa shape index (κ1) is 12.6. The normalized spacial score (nSPS) is 14.9. The smallest absolute Gasteiger partial charge is 0.0401 e. The molecule has 0 heterocycles. The Morgan fingerprint density at radius 1 is 1.33 bits per heavy atom. The van der Waals surface area contributed by atoms with Gasteiger partial charge in [0.1, 0.15) is 0 Å². The van der Waals surface area contributed by atoms with E-state index in [1.165, 1.54) is 24.0 Å². The molecular weight excluding hydrogens is 204 g/mol. The highest BCUT2D eigenvalue weighted by Gasteiger charge is 2.13. The van der Waals surface area contributed by atoms with Crippen molar-refractivity contribution in [1.82, 2.24) is 0 Å². The van der Waals surface area contributed by atoms with E-state index < -0.39 is 0 Å². The summed E-state index contributed by atoms with van der Waals surface area (Å²) in [5, 5.41) is 0.270. The zero-order chi connectivity index (χ0) is 11.3. The van der Waals surface area contributed by atoms with Crippen molar-refractivity contribution in [3.05, 3.63) is 35.4 Å². The Balaban J connectivity index is 2.54. The first-order valence-electron chi connectivity index (χ1n) is 5.83. The Bertz CT molecular complexity index is 293. The van der Waals surface area contributed by atoms with Crippen LogP contribution in [0.2, 0.25) is 0 Å². The standard InChI is InChI=1S/C14H21Cl/c1-4-6-12(3)14(15)10-13-8-5-7-11(2)9-13/h5,7-9,12,14H,4,6,10H2,1-3H3. The minimum atomic E-state index is 0.270. The largest absolute Gasteiger partial charge is 0.122 e. The van der Waals surface area contributed by atoms with Crippen LogP contribution in [0.25, 0.3) is 0 Å². The summed E-state index contributed by atoms with van der Waals surface area (Å²) in [5.74, 6) is 0.608. The fourth-order valence-electron chi connectivity index (χ4n) is 1.90. The summed E-state index contributed by atoms with van der Waals surface area (Å²) in [7, 11) is 0. The van der Waals surface area contributed by atoms with Crippen molar-refractivity contribution in [2.24, 2.45) is 5.92 Å². The summed E-state index contributed by atoms with van der Waals surface area (Å²) in [6.07, 6.45) is 3.43. The molecule has 0 aliphatic rings. The van der Waals surface area contributed by atoms with Gasteiger partial charge >= 0.3 is 0 Å². The Labute approximate surface area is 98.7 Å². The quantitative estimate of drug-likeness (QED) is 0.643. The highest BCUT2D eigenvalue weighted by Crippen LogP contribution is 2.20. The van der Waals surface area contributed by atoms with Gasteiger partial charge in [-0.25, -0.2) is 0 Å². The van der Waals surface area contributed by atoms with Gasteiger partial charge in [0.05, 0.1) is 0 Å². The molecule has 0 spiro atoms. The van der Waals surface area contributed by atoms with Crippen LogP contribution in [0, 0.1) is 12.8 Å². The van der Waals surface area contributed by atoms with Gasteiger partial charge in [0.15, 0.2) is 0 Å². The molecule has 0 amide bonds. The zero-order valence-corrected chi connectivity index (χ0v) is 10.7. The van der Waals surface area contributed by atoms with Crippen LogP contribution in [-0.2, 0) is 6.42 Å². The number of aryl methyl sites for hydroxylation is 1. The van der Waals surface area contributed by atoms with E-state index in [9.17, 15) is 0 Å². The third kappa shape index (κ3) is 4.25. The van der Waals surface area contributed by atoms with Crippen molar-refractivity contribution in [2.75, 3.05) is 0 Å². The number of benzene rings is 1. The van der Waals surface area contributed by atoms with E-state index in [1.54, 1.807) is 0 Å². The molecule has 0 N–H and O–H groups in total. The predicted molar refractivity (Wildman–Crippen MR) is 68.6 cm³/mol. The van der Waals surface area contributed by atoms with E-state index in [0.717, 1.165) is 6.42 Å². The summed E-state index contributed by atoms with van der Waals surface area (Å²) in [6.45, 7) is 6.59. The second-order valence-electron chi connectivity index (χ2n) is 4.48. The van der Waals surface area contributed by atoms with E-state index in [4.69, 9.17) is 11.6 Å². The molecule has 0 aromatic heterocycles. The topological polar surface area (TPSA) is 0 Å². The van der Waals surface area contributed by atoms with Crippen LogP contribution in [-0.4, -0.2) is 5.38 Å². The molecule has 2 unspecified atom stereocenters. The van der Waals surface area contributed by atoms with Crippen LogP contribution < -0.4 is 0 Å². The summed E-state index contributed by atoms with van der Waals surface area (Å²) in [4.78, 5) is 0. The molecule has 2 atom stereocenters. The van der Waals surface area contributed by atoms with Crippen molar-refractivity contribution in [2.45, 2.75) is 45.4 Å². The van der Waals surface area contributed by atoms with Gasteiger partial charge in [0.2, 0.25) is 0 Å². The Morgan fingerprint density at radius 2 is 2.07 bits per heavy atom. The predicted octanol–water partition coefficient (Wildman–Crippen LogP) is 4.58. The minimum absolute atomic E-state index is 0.270. The van der Waals surface area contributed by atoms with Gasteiger partial charge in [-0.1, -0.05) is 50.1 Å². The lowest BCUT2D eigenvalue weighted by molar-refractivity contribution is 0.494. The van der Waals surface area contributed by atoms with Gasteiger partial charge in [0.25, 0.3) is 0 Å². The maximum Gasteiger partial charge on any atom is 0.0401 e. The molecule has 0 bridgehead atoms. The Hall–Kier alpha value is -0.490. The van der Waals surface area contributed by atoms with Gasteiger partial charge in [0, 0.05) is 5.38 Å².